The van der Waals surface area contributed by atoms with Crippen molar-refractivity contribution in [3.05, 3.63) is 69.2 Å². The minimum absolute atomic E-state index is 0.0278. The number of carbonyl (C=O) groups is 1. The first-order chi connectivity index (χ1) is 10.5. The summed E-state index contributed by atoms with van der Waals surface area (Å²) in [5.74, 6) is -0.429. The van der Waals surface area contributed by atoms with Crippen LogP contribution < -0.4 is 5.32 Å². The van der Waals surface area contributed by atoms with E-state index in [2.05, 4.69) is 5.32 Å². The Labute approximate surface area is 137 Å². The van der Waals surface area contributed by atoms with Crippen LogP contribution in [0.3, 0.4) is 0 Å². The Kier molecular flexibility index (Phi) is 5.40. The molecule has 112 valence electrons. The zero-order valence-electron chi connectivity index (χ0n) is 11.4. The van der Waals surface area contributed by atoms with Gasteiger partial charge in [-0.3, -0.25) is 4.79 Å². The summed E-state index contributed by atoms with van der Waals surface area (Å²) < 4.78 is 0. The molecule has 0 saturated heterocycles. The van der Waals surface area contributed by atoms with Gasteiger partial charge in [0.15, 0.2) is 0 Å². The molecule has 6 heteroatoms. The topological polar surface area (TPSA) is 73.1 Å². The van der Waals surface area contributed by atoms with Crippen molar-refractivity contribution >= 4 is 29.1 Å². The quantitative estimate of drug-likeness (QED) is 0.900. The van der Waals surface area contributed by atoms with Gasteiger partial charge in [-0.1, -0.05) is 41.4 Å². The van der Waals surface area contributed by atoms with E-state index in [0.29, 0.717) is 15.6 Å². The van der Waals surface area contributed by atoms with Crippen molar-refractivity contribution in [2.45, 2.75) is 6.10 Å². The molecule has 1 unspecified atom stereocenters. The molecule has 2 rings (SSSR count). The van der Waals surface area contributed by atoms with Crippen molar-refractivity contribution in [3.63, 3.8) is 0 Å². The highest BCUT2D eigenvalue weighted by atomic mass is 35.5. The number of hydrogen-bond acceptors (Lipinski definition) is 3. The van der Waals surface area contributed by atoms with Gasteiger partial charge in [-0.15, -0.1) is 0 Å². The van der Waals surface area contributed by atoms with Crippen molar-refractivity contribution in [3.8, 4) is 6.07 Å². The van der Waals surface area contributed by atoms with E-state index < -0.39 is 12.0 Å². The maximum Gasteiger partial charge on any atom is 0.252 e. The van der Waals surface area contributed by atoms with Gasteiger partial charge in [0.2, 0.25) is 0 Å². The van der Waals surface area contributed by atoms with Crippen LogP contribution in [0.2, 0.25) is 10.0 Å². The van der Waals surface area contributed by atoms with Gasteiger partial charge in [-0.2, -0.15) is 5.26 Å². The zero-order valence-corrected chi connectivity index (χ0v) is 12.9. The average Bonchev–Trinajstić information content (AvgIpc) is 2.52. The third kappa shape index (κ3) is 3.77. The van der Waals surface area contributed by atoms with Crippen LogP contribution in [0.1, 0.15) is 27.6 Å². The minimum Gasteiger partial charge on any atom is -0.387 e. The highest BCUT2D eigenvalue weighted by molar-refractivity contribution is 6.35. The van der Waals surface area contributed by atoms with Crippen LogP contribution in [0.25, 0.3) is 0 Å². The second-order valence-electron chi connectivity index (χ2n) is 4.55. The molecule has 0 aliphatic heterocycles. The van der Waals surface area contributed by atoms with Gasteiger partial charge in [0, 0.05) is 22.2 Å². The molecule has 0 aromatic heterocycles. The van der Waals surface area contributed by atoms with Crippen molar-refractivity contribution in [1.29, 1.82) is 5.26 Å². The Morgan fingerprint density at radius 1 is 1.27 bits per heavy atom. The molecule has 2 N–H and O–H groups in total. The molecule has 0 radical (unpaired) electrons. The lowest BCUT2D eigenvalue weighted by atomic mass is 10.1. The summed E-state index contributed by atoms with van der Waals surface area (Å²) in [4.78, 5) is 12.1. The smallest absolute Gasteiger partial charge is 0.252 e. The van der Waals surface area contributed by atoms with Gasteiger partial charge in [0.25, 0.3) is 5.91 Å². The third-order valence-corrected chi connectivity index (χ3v) is 3.63. The van der Waals surface area contributed by atoms with E-state index in [1.54, 1.807) is 36.4 Å². The van der Waals surface area contributed by atoms with E-state index >= 15 is 0 Å². The second kappa shape index (κ2) is 7.28. The fourth-order valence-corrected chi connectivity index (χ4v) is 2.48. The van der Waals surface area contributed by atoms with Crippen LogP contribution in [-0.4, -0.2) is 17.6 Å². The number of nitriles is 1. The number of aliphatic hydroxyl groups is 1. The monoisotopic (exact) mass is 334 g/mol. The molecular formula is C16H12Cl2N2O2. The molecule has 1 amide bonds. The molecule has 0 fully saturated rings. The number of amides is 1. The first-order valence-electron chi connectivity index (χ1n) is 6.43. The molecule has 0 aliphatic carbocycles. The molecule has 1 atom stereocenters. The summed E-state index contributed by atoms with van der Waals surface area (Å²) >= 11 is 11.8. The fraction of sp³-hybridized carbons (Fsp3) is 0.125. The van der Waals surface area contributed by atoms with Gasteiger partial charge >= 0.3 is 0 Å². The molecule has 22 heavy (non-hydrogen) atoms. The van der Waals surface area contributed by atoms with E-state index in [0.717, 1.165) is 0 Å². The first-order valence-corrected chi connectivity index (χ1v) is 7.19. The van der Waals surface area contributed by atoms with E-state index in [1.807, 2.05) is 6.07 Å². The third-order valence-electron chi connectivity index (χ3n) is 3.07. The molecule has 4 nitrogen and oxygen atoms in total. The van der Waals surface area contributed by atoms with Crippen LogP contribution in [-0.2, 0) is 0 Å². The van der Waals surface area contributed by atoms with Crippen LogP contribution in [0.5, 0.6) is 0 Å². The van der Waals surface area contributed by atoms with Gasteiger partial charge in [-0.25, -0.2) is 0 Å². The molecular weight excluding hydrogens is 323 g/mol. The van der Waals surface area contributed by atoms with E-state index in [4.69, 9.17) is 28.5 Å². The van der Waals surface area contributed by atoms with Gasteiger partial charge in [0.05, 0.1) is 23.3 Å². The van der Waals surface area contributed by atoms with E-state index in [9.17, 15) is 9.90 Å². The standard InChI is InChI=1S/C16H12Cl2N2O2/c17-11-5-6-13(14(18)7-11)15(21)9-20-16(22)12-4-2-1-3-10(12)8-19/h1-7,15,21H,9H2,(H,20,22). The number of carbonyl (C=O) groups excluding carboxylic acids is 1. The van der Waals surface area contributed by atoms with Gasteiger partial charge in [-0.05, 0) is 24.3 Å². The molecule has 2 aromatic rings. The summed E-state index contributed by atoms with van der Waals surface area (Å²) in [7, 11) is 0. The number of benzene rings is 2. The lowest BCUT2D eigenvalue weighted by Crippen LogP contribution is -2.29. The summed E-state index contributed by atoms with van der Waals surface area (Å²) in [6.45, 7) is -0.0278. The lowest BCUT2D eigenvalue weighted by molar-refractivity contribution is 0.0916. The second-order valence-corrected chi connectivity index (χ2v) is 5.39. The summed E-state index contributed by atoms with van der Waals surface area (Å²) in [6, 6.07) is 13.1. The number of hydrogen-bond donors (Lipinski definition) is 2. The molecule has 0 spiro atoms. The number of nitrogens with zero attached hydrogens (tertiary/aromatic N) is 1. The van der Waals surface area contributed by atoms with E-state index in [1.165, 1.54) is 6.07 Å². The van der Waals surface area contributed by atoms with Crippen LogP contribution in [0.15, 0.2) is 42.5 Å². The lowest BCUT2D eigenvalue weighted by Gasteiger charge is -2.14. The van der Waals surface area contributed by atoms with Gasteiger partial charge < -0.3 is 10.4 Å². The number of rotatable bonds is 4. The molecule has 0 saturated carbocycles. The van der Waals surface area contributed by atoms with Crippen molar-refractivity contribution < 1.29 is 9.90 Å². The highest BCUT2D eigenvalue weighted by Gasteiger charge is 2.15. The minimum atomic E-state index is -0.969. The SMILES string of the molecule is N#Cc1ccccc1C(=O)NCC(O)c1ccc(Cl)cc1Cl. The molecule has 0 heterocycles. The van der Waals surface area contributed by atoms with Crippen LogP contribution in [0, 0.1) is 11.3 Å². The Hall–Kier alpha value is -2.06. The average molecular weight is 335 g/mol. The predicted molar refractivity (Wildman–Crippen MR) is 84.9 cm³/mol. The molecule has 0 bridgehead atoms. The van der Waals surface area contributed by atoms with Gasteiger partial charge in [0.1, 0.15) is 0 Å². The normalized spacial score (nSPS) is 11.5. The highest BCUT2D eigenvalue weighted by Crippen LogP contribution is 2.26. The van der Waals surface area contributed by atoms with E-state index in [-0.39, 0.29) is 17.7 Å². The van der Waals surface area contributed by atoms with Crippen molar-refractivity contribution in [2.24, 2.45) is 0 Å². The Morgan fingerprint density at radius 3 is 2.68 bits per heavy atom. The number of halogens is 2. The van der Waals surface area contributed by atoms with Crippen molar-refractivity contribution in [1.82, 2.24) is 5.32 Å². The largest absolute Gasteiger partial charge is 0.387 e. The summed E-state index contributed by atoms with van der Waals surface area (Å²) in [5, 5.41) is 22.5. The Balaban J connectivity index is 2.06. The van der Waals surface area contributed by atoms with Crippen molar-refractivity contribution in [2.75, 3.05) is 6.54 Å². The first kappa shape index (κ1) is 16.3. The Morgan fingerprint density at radius 2 is 2.00 bits per heavy atom. The predicted octanol–water partition coefficient (Wildman–Crippen LogP) is 3.33. The summed E-state index contributed by atoms with van der Waals surface area (Å²) in [5.41, 5.74) is 1.01. The van der Waals surface area contributed by atoms with Crippen LogP contribution >= 0.6 is 23.2 Å². The maximum absolute atomic E-state index is 12.1. The van der Waals surface area contributed by atoms with Crippen LogP contribution in [0.4, 0.5) is 0 Å². The fourth-order valence-electron chi connectivity index (χ4n) is 1.94. The Bertz CT molecular complexity index is 741. The molecule has 2 aromatic carbocycles. The summed E-state index contributed by atoms with van der Waals surface area (Å²) in [6.07, 6.45) is -0.969. The number of aliphatic hydroxyl groups excluding tert-OH is 1. The zero-order chi connectivity index (χ0) is 16.1. The molecule has 0 aliphatic rings. The number of nitrogens with one attached hydrogen (secondary N) is 1. The maximum atomic E-state index is 12.1.